The van der Waals surface area contributed by atoms with Gasteiger partial charge in [0.05, 0.1) is 17.6 Å². The Hall–Kier alpha value is -4.57. The molecule has 34 heavy (non-hydrogen) atoms. The molecule has 0 saturated heterocycles. The van der Waals surface area contributed by atoms with Crippen molar-refractivity contribution < 1.29 is 9.53 Å². The van der Waals surface area contributed by atoms with E-state index in [1.54, 1.807) is 25.4 Å². The van der Waals surface area contributed by atoms with Crippen molar-refractivity contribution in [3.8, 4) is 38.0 Å². The number of anilines is 2. The minimum Gasteiger partial charge on any atom is -0.497 e. The lowest BCUT2D eigenvalue weighted by atomic mass is 10.1. The number of amides is 1. The van der Waals surface area contributed by atoms with E-state index in [9.17, 15) is 4.79 Å². The second kappa shape index (κ2) is 8.75. The largest absolute Gasteiger partial charge is 0.497 e. The van der Waals surface area contributed by atoms with Crippen LogP contribution in [0.25, 0.3) is 37.8 Å². The highest BCUT2D eigenvalue weighted by Crippen LogP contribution is 2.41. The highest BCUT2D eigenvalue weighted by molar-refractivity contribution is 7.18. The van der Waals surface area contributed by atoms with Crippen molar-refractivity contribution in [2.75, 3.05) is 18.2 Å². The van der Waals surface area contributed by atoms with Crippen molar-refractivity contribution in [1.29, 1.82) is 0 Å². The molecular weight excluding hydrogens is 450 g/mol. The lowest BCUT2D eigenvalue weighted by Gasteiger charge is -2.05. The molecule has 0 aliphatic carbocycles. The molecule has 3 aromatic heterocycles. The maximum atomic E-state index is 11.6. The van der Waals surface area contributed by atoms with Crippen molar-refractivity contribution in [2.24, 2.45) is 0 Å². The van der Waals surface area contributed by atoms with Gasteiger partial charge in [-0.25, -0.2) is 9.97 Å². The van der Waals surface area contributed by atoms with E-state index in [0.29, 0.717) is 22.7 Å². The maximum Gasteiger partial charge on any atom is 0.247 e. The van der Waals surface area contributed by atoms with E-state index in [4.69, 9.17) is 10.5 Å². The van der Waals surface area contributed by atoms with Gasteiger partial charge in [0.1, 0.15) is 28.3 Å². The number of hydrogen-bond acceptors (Lipinski definition) is 8. The predicted molar refractivity (Wildman–Crippen MR) is 133 cm³/mol. The monoisotopic (exact) mass is 469 g/mol. The third-order valence-corrected chi connectivity index (χ3v) is 6.23. The molecule has 0 bridgehead atoms. The molecule has 0 fully saturated rings. The zero-order valence-corrected chi connectivity index (χ0v) is 18.9. The third-order valence-electron chi connectivity index (χ3n) is 5.17. The molecule has 0 saturated carbocycles. The van der Waals surface area contributed by atoms with Crippen molar-refractivity contribution >= 4 is 34.3 Å². The van der Waals surface area contributed by atoms with Crippen LogP contribution in [0.4, 0.5) is 11.5 Å². The molecule has 0 radical (unpaired) electrons. The summed E-state index contributed by atoms with van der Waals surface area (Å²) < 4.78 is 6.73. The molecular formula is C24H19N7O2S. The van der Waals surface area contributed by atoms with Gasteiger partial charge in [-0.3, -0.25) is 4.79 Å². The molecule has 3 N–H and O–H groups in total. The van der Waals surface area contributed by atoms with Crippen LogP contribution < -0.4 is 15.8 Å². The Morgan fingerprint density at radius 1 is 1.12 bits per heavy atom. The normalized spacial score (nSPS) is 10.9. The second-order valence-electron chi connectivity index (χ2n) is 7.24. The van der Waals surface area contributed by atoms with Crippen molar-refractivity contribution in [2.45, 2.75) is 0 Å². The van der Waals surface area contributed by atoms with Gasteiger partial charge in [-0.2, -0.15) is 0 Å². The number of thiazole rings is 1. The minimum atomic E-state index is -0.278. The fourth-order valence-electron chi connectivity index (χ4n) is 3.52. The molecule has 1 amide bonds. The van der Waals surface area contributed by atoms with Crippen LogP contribution in [-0.4, -0.2) is 37.8 Å². The molecule has 0 aliphatic heterocycles. The molecule has 3 heterocycles. The Bertz CT molecular complexity index is 1510. The summed E-state index contributed by atoms with van der Waals surface area (Å²) in [5, 5.41) is 12.5. The molecule has 0 atom stereocenters. The van der Waals surface area contributed by atoms with E-state index in [-0.39, 0.29) is 5.91 Å². The highest BCUT2D eigenvalue weighted by atomic mass is 32.1. The zero-order valence-electron chi connectivity index (χ0n) is 18.1. The molecule has 0 aliphatic rings. The SMILES string of the molecule is C=CC(=O)Nc1ccc(-c2nn3ncnc(N)c3c2-c2cnc(-c3ccc(OC)cc3)s2)cc1. The first-order chi connectivity index (χ1) is 16.6. The summed E-state index contributed by atoms with van der Waals surface area (Å²) in [4.78, 5) is 21.3. The molecule has 10 heteroatoms. The molecule has 9 nitrogen and oxygen atoms in total. The number of hydrogen-bond donors (Lipinski definition) is 2. The molecule has 0 spiro atoms. The van der Waals surface area contributed by atoms with E-state index in [1.807, 2.05) is 36.4 Å². The number of rotatable bonds is 6. The van der Waals surface area contributed by atoms with Gasteiger partial charge < -0.3 is 15.8 Å². The third kappa shape index (κ3) is 3.86. The first-order valence-electron chi connectivity index (χ1n) is 10.2. The Balaban J connectivity index is 1.61. The van der Waals surface area contributed by atoms with Crippen LogP contribution >= 0.6 is 11.3 Å². The number of ether oxygens (including phenoxy) is 1. The van der Waals surface area contributed by atoms with Gasteiger partial charge in [-0.1, -0.05) is 18.7 Å². The average molecular weight is 470 g/mol. The quantitative estimate of drug-likeness (QED) is 0.356. The number of methoxy groups -OCH3 is 1. The number of nitrogens with two attached hydrogens (primary N) is 1. The summed E-state index contributed by atoms with van der Waals surface area (Å²) in [6, 6.07) is 15.1. The Morgan fingerprint density at radius 3 is 2.56 bits per heavy atom. The fraction of sp³-hybridized carbons (Fsp3) is 0.0417. The number of aromatic nitrogens is 5. The van der Waals surface area contributed by atoms with Crippen LogP contribution in [0.15, 0.2) is 73.7 Å². The number of nitrogens with zero attached hydrogens (tertiary/aromatic N) is 5. The molecule has 0 unspecified atom stereocenters. The number of benzene rings is 2. The summed E-state index contributed by atoms with van der Waals surface area (Å²) in [6.45, 7) is 3.47. The number of nitrogen functional groups attached to an aromatic ring is 1. The van der Waals surface area contributed by atoms with Gasteiger partial charge in [-0.05, 0) is 42.5 Å². The van der Waals surface area contributed by atoms with Gasteiger partial charge in [0, 0.05) is 23.0 Å². The van der Waals surface area contributed by atoms with Crippen LogP contribution in [0, 0.1) is 0 Å². The average Bonchev–Trinajstić information content (AvgIpc) is 3.50. The first kappa shape index (κ1) is 21.3. The van der Waals surface area contributed by atoms with E-state index in [1.165, 1.54) is 28.4 Å². The number of nitrogens with one attached hydrogen (secondary N) is 1. The standard InChI is InChI=1S/C24H19N7O2S/c1-3-19(32)29-16-8-4-14(5-9-16)21-20(22-23(25)27-13-28-31(22)30-21)18-12-26-24(34-18)15-6-10-17(33-2)11-7-15/h3-13H,1H2,2H3,(H,29,32)(H2,25,27,28). The van der Waals surface area contributed by atoms with Crippen LogP contribution in [0.1, 0.15) is 0 Å². The molecule has 2 aromatic carbocycles. The van der Waals surface area contributed by atoms with Crippen molar-refractivity contribution in [1.82, 2.24) is 24.8 Å². The van der Waals surface area contributed by atoms with Crippen molar-refractivity contribution in [3.63, 3.8) is 0 Å². The van der Waals surface area contributed by atoms with Gasteiger partial charge in [0.2, 0.25) is 5.91 Å². The number of fused-ring (bicyclic) bond motifs is 1. The van der Waals surface area contributed by atoms with Crippen LogP contribution in [-0.2, 0) is 4.79 Å². The van der Waals surface area contributed by atoms with Crippen LogP contribution in [0.2, 0.25) is 0 Å². The second-order valence-corrected chi connectivity index (χ2v) is 8.27. The molecule has 5 aromatic rings. The fourth-order valence-corrected chi connectivity index (χ4v) is 4.48. The van der Waals surface area contributed by atoms with Gasteiger partial charge in [-0.15, -0.1) is 26.2 Å². The van der Waals surface area contributed by atoms with E-state index < -0.39 is 0 Å². The smallest absolute Gasteiger partial charge is 0.247 e. The van der Waals surface area contributed by atoms with Gasteiger partial charge >= 0.3 is 0 Å². The van der Waals surface area contributed by atoms with E-state index in [2.05, 4.69) is 32.1 Å². The van der Waals surface area contributed by atoms with Crippen molar-refractivity contribution in [3.05, 3.63) is 73.7 Å². The van der Waals surface area contributed by atoms with E-state index >= 15 is 0 Å². The Morgan fingerprint density at radius 2 is 1.85 bits per heavy atom. The minimum absolute atomic E-state index is 0.278. The van der Waals surface area contributed by atoms with Crippen LogP contribution in [0.5, 0.6) is 5.75 Å². The number of carbonyl (C=O) groups excluding carboxylic acids is 1. The summed E-state index contributed by atoms with van der Waals surface area (Å²) >= 11 is 1.52. The summed E-state index contributed by atoms with van der Waals surface area (Å²) in [5.41, 5.74) is 10.8. The zero-order chi connectivity index (χ0) is 23.7. The predicted octanol–water partition coefficient (Wildman–Crippen LogP) is 4.30. The molecule has 168 valence electrons. The summed E-state index contributed by atoms with van der Waals surface area (Å²) in [5.74, 6) is 0.820. The van der Waals surface area contributed by atoms with E-state index in [0.717, 1.165) is 32.3 Å². The van der Waals surface area contributed by atoms with Gasteiger partial charge in [0.25, 0.3) is 0 Å². The lowest BCUT2D eigenvalue weighted by Crippen LogP contribution is -2.06. The Labute approximate surface area is 198 Å². The van der Waals surface area contributed by atoms with Gasteiger partial charge in [0.15, 0.2) is 5.82 Å². The summed E-state index contributed by atoms with van der Waals surface area (Å²) in [6.07, 6.45) is 4.39. The lowest BCUT2D eigenvalue weighted by molar-refractivity contribution is -0.111. The Kier molecular flexibility index (Phi) is 5.48. The molecule has 5 rings (SSSR count). The number of carbonyl (C=O) groups is 1. The first-order valence-corrected chi connectivity index (χ1v) is 11.0. The van der Waals surface area contributed by atoms with Crippen LogP contribution in [0.3, 0.4) is 0 Å². The summed E-state index contributed by atoms with van der Waals surface area (Å²) in [7, 11) is 1.63. The maximum absolute atomic E-state index is 11.6. The topological polar surface area (TPSA) is 120 Å². The highest BCUT2D eigenvalue weighted by Gasteiger charge is 2.22.